The van der Waals surface area contributed by atoms with Crippen LogP contribution < -0.4 is 18.9 Å². The third-order valence-corrected chi connectivity index (χ3v) is 9.83. The highest BCUT2D eigenvalue weighted by molar-refractivity contribution is 5.81. The number of alkyl halides is 9. The van der Waals surface area contributed by atoms with E-state index < -0.39 is 62.2 Å². The highest BCUT2D eigenvalue weighted by Gasteiger charge is 2.81. The van der Waals surface area contributed by atoms with Crippen LogP contribution in [-0.2, 0) is 0 Å². The molecule has 61 heavy (non-hydrogen) atoms. The van der Waals surface area contributed by atoms with Crippen LogP contribution in [-0.4, -0.2) is 96.2 Å². The maximum absolute atomic E-state index is 14.0. The van der Waals surface area contributed by atoms with Crippen LogP contribution in [0.25, 0.3) is 22.3 Å². The van der Waals surface area contributed by atoms with E-state index in [0.717, 1.165) is 25.7 Å². The van der Waals surface area contributed by atoms with E-state index in [9.17, 15) is 49.7 Å². The number of rotatable bonds is 30. The summed E-state index contributed by atoms with van der Waals surface area (Å²) in [6.07, 6.45) is -2.86. The summed E-state index contributed by atoms with van der Waals surface area (Å²) in [6.45, 7) is 1.30. The Hall–Kier alpha value is -3.93. The fraction of sp³-hybridized carbons (Fsp3) is 0.591. The van der Waals surface area contributed by atoms with Gasteiger partial charge in [-0.3, -0.25) is 0 Å². The van der Waals surface area contributed by atoms with Gasteiger partial charge in [0.2, 0.25) is 0 Å². The second kappa shape index (κ2) is 24.6. The normalized spacial score (nSPS) is 13.5. The van der Waals surface area contributed by atoms with Crippen molar-refractivity contribution in [2.24, 2.45) is 0 Å². The largest absolute Gasteiger partial charge is 0.493 e. The Bertz CT molecular complexity index is 1690. The van der Waals surface area contributed by atoms with Crippen molar-refractivity contribution < 1.29 is 78.9 Å². The van der Waals surface area contributed by atoms with Crippen LogP contribution in [0.4, 0.5) is 39.5 Å². The van der Waals surface area contributed by atoms with Crippen molar-refractivity contribution in [1.82, 2.24) is 0 Å². The van der Waals surface area contributed by atoms with Crippen LogP contribution in [0.1, 0.15) is 90.4 Å². The van der Waals surface area contributed by atoms with Gasteiger partial charge in [-0.2, -0.15) is 39.5 Å². The van der Waals surface area contributed by atoms with E-state index >= 15 is 0 Å². The molecule has 0 bridgehead atoms. The first-order valence-electron chi connectivity index (χ1n) is 20.6. The first kappa shape index (κ1) is 51.4. The third kappa shape index (κ3) is 15.4. The summed E-state index contributed by atoms with van der Waals surface area (Å²) in [5.74, 6) is -17.5. The average molecular weight is 885 g/mol. The molecule has 2 unspecified atom stereocenters. The van der Waals surface area contributed by atoms with Crippen molar-refractivity contribution in [3.8, 4) is 45.3 Å². The number of halogens is 9. The quantitative estimate of drug-likeness (QED) is 0.0386. The molecule has 0 saturated heterocycles. The Morgan fingerprint density at radius 3 is 1.25 bits per heavy atom. The Morgan fingerprint density at radius 2 is 0.869 bits per heavy atom. The van der Waals surface area contributed by atoms with Crippen molar-refractivity contribution in [1.29, 1.82) is 0 Å². The van der Waals surface area contributed by atoms with Gasteiger partial charge in [-0.05, 0) is 66.8 Å². The van der Waals surface area contributed by atoms with Gasteiger partial charge in [0.15, 0.2) is 0 Å². The molecule has 3 aromatic rings. The summed E-state index contributed by atoms with van der Waals surface area (Å²) in [6, 6.07) is 17.2. The lowest BCUT2D eigenvalue weighted by molar-refractivity contribution is -0.396. The average Bonchev–Trinajstić information content (AvgIpc) is 3.23. The number of aliphatic hydroxyl groups is 4. The zero-order valence-corrected chi connectivity index (χ0v) is 34.2. The van der Waals surface area contributed by atoms with Gasteiger partial charge < -0.3 is 39.4 Å². The second-order valence-corrected chi connectivity index (χ2v) is 14.9. The van der Waals surface area contributed by atoms with E-state index in [1.54, 1.807) is 60.7 Å². The minimum Gasteiger partial charge on any atom is -0.493 e. The molecule has 0 spiro atoms. The summed E-state index contributed by atoms with van der Waals surface area (Å²) in [5, 5.41) is 37.6. The molecule has 0 fully saturated rings. The van der Waals surface area contributed by atoms with E-state index in [-0.39, 0.29) is 39.1 Å². The molecule has 0 heterocycles. The van der Waals surface area contributed by atoms with Gasteiger partial charge in [0.25, 0.3) is 0 Å². The van der Waals surface area contributed by atoms with E-state index in [0.29, 0.717) is 51.9 Å². The molecule has 4 N–H and O–H groups in total. The van der Waals surface area contributed by atoms with Crippen LogP contribution in [0, 0.1) is 0 Å². The molecule has 0 saturated carbocycles. The van der Waals surface area contributed by atoms with E-state index in [2.05, 4.69) is 6.92 Å². The fourth-order valence-electron chi connectivity index (χ4n) is 6.17. The zero-order chi connectivity index (χ0) is 45.1. The molecular weight excluding hydrogens is 827 g/mol. The number of benzene rings is 3. The maximum Gasteiger partial charge on any atom is 0.460 e. The van der Waals surface area contributed by atoms with Gasteiger partial charge in [-0.25, -0.2) is 0 Å². The molecule has 17 heteroatoms. The van der Waals surface area contributed by atoms with E-state index in [1.807, 2.05) is 0 Å². The monoisotopic (exact) mass is 884 g/mol. The van der Waals surface area contributed by atoms with Crippen molar-refractivity contribution >= 4 is 0 Å². The predicted octanol–water partition coefficient (Wildman–Crippen LogP) is 10.8. The van der Waals surface area contributed by atoms with Crippen molar-refractivity contribution in [3.05, 3.63) is 60.7 Å². The fourth-order valence-corrected chi connectivity index (χ4v) is 6.17. The molecule has 0 radical (unpaired) electrons. The van der Waals surface area contributed by atoms with Gasteiger partial charge in [0.1, 0.15) is 48.4 Å². The smallest absolute Gasteiger partial charge is 0.460 e. The number of ether oxygens (including phenoxy) is 4. The first-order valence-corrected chi connectivity index (χ1v) is 20.6. The van der Waals surface area contributed by atoms with Crippen LogP contribution >= 0.6 is 0 Å². The molecule has 0 aliphatic carbocycles. The summed E-state index contributed by atoms with van der Waals surface area (Å²) >= 11 is 0. The second-order valence-electron chi connectivity index (χ2n) is 14.9. The molecule has 3 rings (SSSR count). The van der Waals surface area contributed by atoms with Gasteiger partial charge >= 0.3 is 23.9 Å². The van der Waals surface area contributed by atoms with E-state index in [1.165, 1.54) is 25.7 Å². The molecule has 0 amide bonds. The van der Waals surface area contributed by atoms with Crippen LogP contribution in [0.2, 0.25) is 0 Å². The molecule has 2 atom stereocenters. The molecule has 0 aliphatic rings. The molecule has 344 valence electrons. The Kier molecular flexibility index (Phi) is 20.8. The zero-order valence-electron chi connectivity index (χ0n) is 34.2. The van der Waals surface area contributed by atoms with Gasteiger partial charge in [0.05, 0.1) is 26.4 Å². The summed E-state index contributed by atoms with van der Waals surface area (Å²) in [5.41, 5.74) is 2.54. The molecule has 8 nitrogen and oxygen atoms in total. The maximum atomic E-state index is 14.0. The number of unbranched alkanes of at least 4 members (excludes halogenated alkanes) is 10. The van der Waals surface area contributed by atoms with Gasteiger partial charge in [-0.15, -0.1) is 0 Å². The van der Waals surface area contributed by atoms with Gasteiger partial charge in [-0.1, -0.05) is 89.0 Å². The molecular formula is C44H57F9O8. The summed E-state index contributed by atoms with van der Waals surface area (Å²) < 4.78 is 143. The summed E-state index contributed by atoms with van der Waals surface area (Å²) in [4.78, 5) is 0. The Labute approximate surface area is 350 Å². The van der Waals surface area contributed by atoms with E-state index in [4.69, 9.17) is 29.2 Å². The third-order valence-electron chi connectivity index (χ3n) is 9.83. The highest BCUT2D eigenvalue weighted by Crippen LogP contribution is 2.54. The number of hydrogen-bond acceptors (Lipinski definition) is 8. The molecule has 0 aromatic heterocycles. The van der Waals surface area contributed by atoms with Crippen molar-refractivity contribution in [2.75, 3.05) is 39.6 Å². The highest BCUT2D eigenvalue weighted by atomic mass is 19.4. The van der Waals surface area contributed by atoms with Crippen LogP contribution in [0.15, 0.2) is 60.7 Å². The lowest BCUT2D eigenvalue weighted by atomic mass is 9.97. The van der Waals surface area contributed by atoms with Gasteiger partial charge in [0, 0.05) is 17.5 Å². The number of aliphatic hydroxyl groups excluding tert-OH is 4. The SMILES string of the molecule is CCCCCCCCCCOc1cc(-c2ccc(OCC(O)CO)cc2)c(OCCCCCCC(F)(F)C(F)(F)C(F)(F)C(F)(F)F)cc1-c1ccc(OCC(O)CO)cc1. The van der Waals surface area contributed by atoms with Crippen molar-refractivity contribution in [3.63, 3.8) is 0 Å². The minimum absolute atomic E-state index is 0.0240. The molecule has 0 aliphatic heterocycles. The topological polar surface area (TPSA) is 118 Å². The minimum atomic E-state index is -6.92. The lowest BCUT2D eigenvalue weighted by Crippen LogP contribution is -2.60. The standard InChI is InChI=1S/C44H57F9O8/c1-2-3-4-5-6-7-9-12-23-58-39-25-38(32-16-20-36(21-17-32)61-30-34(57)28-55)40(26-37(39)31-14-18-35(19-15-31)60-29-33(56)27-54)59-24-13-10-8-11-22-41(45,46)42(47,48)43(49,50)44(51,52)53/h14-21,25-26,33-34,54-57H,2-13,22-24,27-30H2,1H3. The van der Waals surface area contributed by atoms with Crippen LogP contribution in [0.5, 0.6) is 23.0 Å². The number of hydrogen-bond donors (Lipinski definition) is 4. The molecule has 3 aromatic carbocycles. The van der Waals surface area contributed by atoms with Crippen LogP contribution in [0.3, 0.4) is 0 Å². The Balaban J connectivity index is 1.85. The van der Waals surface area contributed by atoms with Crippen molar-refractivity contribution in [2.45, 2.75) is 127 Å². The lowest BCUT2D eigenvalue weighted by Gasteiger charge is -2.33. The first-order chi connectivity index (χ1) is 28.9. The Morgan fingerprint density at radius 1 is 0.492 bits per heavy atom. The predicted molar refractivity (Wildman–Crippen MR) is 212 cm³/mol. The summed E-state index contributed by atoms with van der Waals surface area (Å²) in [7, 11) is 0.